The van der Waals surface area contributed by atoms with Crippen LogP contribution in [0.1, 0.15) is 16.7 Å². The third-order valence-corrected chi connectivity index (χ3v) is 4.26. The summed E-state index contributed by atoms with van der Waals surface area (Å²) in [7, 11) is 0. The predicted octanol–water partition coefficient (Wildman–Crippen LogP) is 3.50. The average molecular weight is 391 g/mol. The number of hydrogen-bond donors (Lipinski definition) is 5. The Bertz CT molecular complexity index is 905. The fourth-order valence-corrected chi connectivity index (χ4v) is 2.52. The zero-order valence-corrected chi connectivity index (χ0v) is 15.2. The van der Waals surface area contributed by atoms with Crippen LogP contribution in [0.25, 0.3) is 6.08 Å². The molecule has 0 spiro atoms. The highest BCUT2D eigenvalue weighted by Crippen LogP contribution is 2.34. The van der Waals surface area contributed by atoms with Crippen molar-refractivity contribution in [3.8, 4) is 29.1 Å². The minimum absolute atomic E-state index is 0.0435. The normalized spacial score (nSPS) is 11.0. The summed E-state index contributed by atoms with van der Waals surface area (Å²) in [6, 6.07) is 7.54. The maximum absolute atomic E-state index is 9.73. The number of halogens is 1. The van der Waals surface area contributed by atoms with Crippen molar-refractivity contribution < 1.29 is 20.4 Å². The molecule has 0 radical (unpaired) electrons. The number of benzene rings is 2. The van der Waals surface area contributed by atoms with Crippen LogP contribution < -0.4 is 5.32 Å². The number of phenolic OH excluding ortho intramolecular Hbond substituents is 4. The molecule has 0 aromatic heterocycles. The van der Waals surface area contributed by atoms with E-state index in [1.807, 2.05) is 6.07 Å². The van der Waals surface area contributed by atoms with Crippen LogP contribution in [0.15, 0.2) is 29.8 Å². The van der Waals surface area contributed by atoms with Gasteiger partial charge in [0.2, 0.25) is 0 Å². The van der Waals surface area contributed by atoms with E-state index in [9.17, 15) is 25.7 Å². The summed E-state index contributed by atoms with van der Waals surface area (Å²) in [5, 5.41) is 50.6. The van der Waals surface area contributed by atoms with Crippen molar-refractivity contribution in [2.24, 2.45) is 0 Å². The SMILES string of the molecule is Cc1c(O)cc(CNC(=S)/C(C#N)=C/c2cc(O)c(O)c(Cl)c2)cc1O. The molecule has 134 valence electrons. The Balaban J connectivity index is 2.18. The molecule has 0 fully saturated rings. The second-order valence-electron chi connectivity index (χ2n) is 5.48. The lowest BCUT2D eigenvalue weighted by Crippen LogP contribution is -2.22. The molecule has 26 heavy (non-hydrogen) atoms. The first-order valence-electron chi connectivity index (χ1n) is 7.35. The van der Waals surface area contributed by atoms with Gasteiger partial charge in [-0.05, 0) is 48.4 Å². The summed E-state index contributed by atoms with van der Waals surface area (Å²) in [4.78, 5) is 0.135. The van der Waals surface area contributed by atoms with Gasteiger partial charge in [0.15, 0.2) is 11.5 Å². The average Bonchev–Trinajstić information content (AvgIpc) is 2.59. The van der Waals surface area contributed by atoms with Gasteiger partial charge >= 0.3 is 0 Å². The molecule has 0 saturated heterocycles. The van der Waals surface area contributed by atoms with Crippen LogP contribution >= 0.6 is 23.8 Å². The van der Waals surface area contributed by atoms with Gasteiger partial charge in [0.05, 0.1) is 10.6 Å². The molecule has 0 aliphatic heterocycles. The lowest BCUT2D eigenvalue weighted by molar-refractivity contribution is 0.404. The summed E-state index contributed by atoms with van der Waals surface area (Å²) >= 11 is 11.0. The molecule has 6 nitrogen and oxygen atoms in total. The Morgan fingerprint density at radius 3 is 2.31 bits per heavy atom. The standard InChI is InChI=1S/C18H15ClN2O4S/c1-9-14(22)5-11(6-15(9)23)8-21-18(26)12(7-20)2-10-3-13(19)17(25)16(24)4-10/h2-6,22-25H,8H2,1H3,(H,21,26)/b12-2+. The quantitative estimate of drug-likeness (QED) is 0.235. The van der Waals surface area contributed by atoms with Crippen molar-refractivity contribution in [1.29, 1.82) is 5.26 Å². The number of nitrogens with one attached hydrogen (secondary N) is 1. The number of hydrogen-bond acceptors (Lipinski definition) is 6. The Morgan fingerprint density at radius 1 is 1.15 bits per heavy atom. The molecule has 5 N–H and O–H groups in total. The smallest absolute Gasteiger partial charge is 0.176 e. The molecule has 0 amide bonds. The molecule has 8 heteroatoms. The van der Waals surface area contributed by atoms with Gasteiger partial charge in [-0.25, -0.2) is 0 Å². The highest BCUT2D eigenvalue weighted by atomic mass is 35.5. The molecule has 2 aromatic carbocycles. The van der Waals surface area contributed by atoms with Crippen molar-refractivity contribution in [3.63, 3.8) is 0 Å². The van der Waals surface area contributed by atoms with Crippen LogP contribution in [0.3, 0.4) is 0 Å². The van der Waals surface area contributed by atoms with Gasteiger partial charge in [-0.3, -0.25) is 0 Å². The summed E-state index contributed by atoms with van der Waals surface area (Å²) in [5.41, 5.74) is 1.45. The zero-order valence-electron chi connectivity index (χ0n) is 13.6. The molecule has 0 aliphatic carbocycles. The van der Waals surface area contributed by atoms with Crippen LogP contribution in [0.2, 0.25) is 5.02 Å². The molecule has 0 aliphatic rings. The number of nitriles is 1. The molecule has 0 bridgehead atoms. The predicted molar refractivity (Wildman–Crippen MR) is 102 cm³/mol. The molecule has 0 saturated carbocycles. The monoisotopic (exact) mass is 390 g/mol. The molecule has 0 atom stereocenters. The number of thiocarbonyl (C=S) groups is 1. The Hall–Kier alpha value is -2.95. The fourth-order valence-electron chi connectivity index (χ4n) is 2.12. The van der Waals surface area contributed by atoms with Gasteiger partial charge in [0.1, 0.15) is 22.6 Å². The first-order valence-corrected chi connectivity index (χ1v) is 8.14. The van der Waals surface area contributed by atoms with Gasteiger partial charge in [-0.2, -0.15) is 5.26 Å². The Morgan fingerprint density at radius 2 is 1.77 bits per heavy atom. The van der Waals surface area contributed by atoms with Crippen molar-refractivity contribution in [1.82, 2.24) is 5.32 Å². The first kappa shape index (κ1) is 19.4. The highest BCUT2D eigenvalue weighted by Gasteiger charge is 2.10. The Kier molecular flexibility index (Phi) is 5.93. The van der Waals surface area contributed by atoms with Crippen molar-refractivity contribution >= 4 is 34.9 Å². The van der Waals surface area contributed by atoms with E-state index in [4.69, 9.17) is 23.8 Å². The maximum Gasteiger partial charge on any atom is 0.176 e. The van der Waals surface area contributed by atoms with Crippen LogP contribution in [0.4, 0.5) is 0 Å². The summed E-state index contributed by atoms with van der Waals surface area (Å²) < 4.78 is 0. The summed E-state index contributed by atoms with van der Waals surface area (Å²) in [6.45, 7) is 1.77. The van der Waals surface area contributed by atoms with Crippen LogP contribution in [-0.2, 0) is 6.54 Å². The molecule has 0 unspecified atom stereocenters. The molecular formula is C18H15ClN2O4S. The first-order chi connectivity index (χ1) is 12.2. The van der Waals surface area contributed by atoms with Crippen LogP contribution in [0, 0.1) is 18.3 Å². The second-order valence-corrected chi connectivity index (χ2v) is 6.30. The van der Waals surface area contributed by atoms with E-state index < -0.39 is 11.5 Å². The molecule has 2 aromatic rings. The number of nitrogens with zero attached hydrogens (tertiary/aromatic N) is 1. The minimum atomic E-state index is -0.443. The molecular weight excluding hydrogens is 376 g/mol. The number of phenols is 4. The topological polar surface area (TPSA) is 117 Å². The largest absolute Gasteiger partial charge is 0.508 e. The van der Waals surface area contributed by atoms with Gasteiger partial charge in [-0.15, -0.1) is 0 Å². The number of rotatable bonds is 4. The Labute approximate surface area is 160 Å². The highest BCUT2D eigenvalue weighted by molar-refractivity contribution is 7.80. The van der Waals surface area contributed by atoms with E-state index >= 15 is 0 Å². The van der Waals surface area contributed by atoms with E-state index in [0.29, 0.717) is 16.7 Å². The zero-order chi connectivity index (χ0) is 19.4. The van der Waals surface area contributed by atoms with Crippen LogP contribution in [0.5, 0.6) is 23.0 Å². The lowest BCUT2D eigenvalue weighted by Gasteiger charge is -2.10. The van der Waals surface area contributed by atoms with Crippen molar-refractivity contribution in [2.75, 3.05) is 0 Å². The van der Waals surface area contributed by atoms with Gasteiger partial charge < -0.3 is 25.7 Å². The van der Waals surface area contributed by atoms with Crippen LogP contribution in [-0.4, -0.2) is 25.4 Å². The van der Waals surface area contributed by atoms with Crippen molar-refractivity contribution in [3.05, 3.63) is 51.6 Å². The van der Waals surface area contributed by atoms with E-state index in [1.165, 1.54) is 30.3 Å². The van der Waals surface area contributed by atoms with Gasteiger partial charge in [0, 0.05) is 12.1 Å². The fraction of sp³-hybridized carbons (Fsp3) is 0.111. The van der Waals surface area contributed by atoms with Gasteiger partial charge in [-0.1, -0.05) is 23.8 Å². The molecule has 2 rings (SSSR count). The summed E-state index contributed by atoms with van der Waals surface area (Å²) in [5.74, 6) is -0.941. The second kappa shape index (κ2) is 7.95. The minimum Gasteiger partial charge on any atom is -0.508 e. The van der Waals surface area contributed by atoms with Gasteiger partial charge in [0.25, 0.3) is 0 Å². The van der Waals surface area contributed by atoms with E-state index in [-0.39, 0.29) is 33.6 Å². The maximum atomic E-state index is 9.73. The van der Waals surface area contributed by atoms with Crippen molar-refractivity contribution in [2.45, 2.75) is 13.5 Å². The number of aromatic hydroxyl groups is 4. The third-order valence-electron chi connectivity index (χ3n) is 3.61. The van der Waals surface area contributed by atoms with E-state index in [0.717, 1.165) is 0 Å². The molecule has 0 heterocycles. The third kappa shape index (κ3) is 4.36. The van der Waals surface area contributed by atoms with E-state index in [2.05, 4.69) is 5.32 Å². The lowest BCUT2D eigenvalue weighted by atomic mass is 10.1. The summed E-state index contributed by atoms with van der Waals surface area (Å²) in [6.07, 6.45) is 1.41. The van der Waals surface area contributed by atoms with E-state index in [1.54, 1.807) is 6.92 Å².